The van der Waals surface area contributed by atoms with E-state index in [1.165, 1.54) is 17.0 Å². The molecule has 2 aromatic rings. The van der Waals surface area contributed by atoms with Gasteiger partial charge in [-0.1, -0.05) is 61.7 Å². The lowest BCUT2D eigenvalue weighted by Gasteiger charge is -2.32. The molecule has 0 aromatic heterocycles. The molecule has 192 valence electrons. The van der Waals surface area contributed by atoms with Crippen molar-refractivity contribution in [3.8, 4) is 0 Å². The number of nitrogens with one attached hydrogen (secondary N) is 1. The Morgan fingerprint density at radius 2 is 1.83 bits per heavy atom. The number of carbonyl (C=O) groups excluding carboxylic acids is 3. The fraction of sp³-hybridized carbons (Fsp3) is 0.444. The standard InChI is InChI=1S/C27H33N3O5S/c1-3-23(26(32)28-21-11-4-5-12-21)29(18-20-10-8-9-19(2)17-20)25(31)15-16-30-27(33)22-13-6-7-14-24(22)36(30,34)35/h6-10,13-14,17,21,23H,3-5,11-12,15-16,18H2,1-2H3,(H,28,32). The average molecular weight is 512 g/mol. The zero-order chi connectivity index (χ0) is 25.9. The first kappa shape index (κ1) is 25.9. The maximum Gasteiger partial charge on any atom is 0.269 e. The predicted molar refractivity (Wildman–Crippen MR) is 135 cm³/mol. The van der Waals surface area contributed by atoms with Crippen molar-refractivity contribution >= 4 is 27.7 Å². The zero-order valence-electron chi connectivity index (χ0n) is 20.8. The lowest BCUT2D eigenvalue weighted by molar-refractivity contribution is -0.141. The van der Waals surface area contributed by atoms with Crippen LogP contribution in [-0.4, -0.2) is 54.0 Å². The summed E-state index contributed by atoms with van der Waals surface area (Å²) >= 11 is 0. The summed E-state index contributed by atoms with van der Waals surface area (Å²) < 4.78 is 26.6. The molecule has 0 radical (unpaired) electrons. The molecule has 1 fully saturated rings. The van der Waals surface area contributed by atoms with Gasteiger partial charge in [0.15, 0.2) is 0 Å². The molecule has 36 heavy (non-hydrogen) atoms. The molecule has 2 aliphatic rings. The Labute approximate surface area is 212 Å². The summed E-state index contributed by atoms with van der Waals surface area (Å²) in [6, 6.07) is 13.2. The quantitative estimate of drug-likeness (QED) is 0.556. The number of hydrogen-bond donors (Lipinski definition) is 1. The number of rotatable bonds is 9. The summed E-state index contributed by atoms with van der Waals surface area (Å²) in [5, 5.41) is 3.10. The highest BCUT2D eigenvalue weighted by Gasteiger charge is 2.41. The van der Waals surface area contributed by atoms with Gasteiger partial charge in [-0.2, -0.15) is 0 Å². The van der Waals surface area contributed by atoms with Crippen molar-refractivity contribution in [1.82, 2.24) is 14.5 Å². The van der Waals surface area contributed by atoms with E-state index >= 15 is 0 Å². The zero-order valence-corrected chi connectivity index (χ0v) is 21.6. The third kappa shape index (κ3) is 5.31. The Bertz CT molecular complexity index is 1250. The molecule has 4 rings (SSSR count). The van der Waals surface area contributed by atoms with Crippen LogP contribution in [0.25, 0.3) is 0 Å². The Morgan fingerprint density at radius 1 is 1.11 bits per heavy atom. The molecule has 1 heterocycles. The second kappa shape index (κ2) is 10.8. The number of amides is 3. The minimum atomic E-state index is -4.01. The van der Waals surface area contributed by atoms with Crippen molar-refractivity contribution < 1.29 is 22.8 Å². The lowest BCUT2D eigenvalue weighted by atomic mass is 10.1. The number of aryl methyl sites for hydroxylation is 1. The van der Waals surface area contributed by atoms with E-state index in [1.54, 1.807) is 12.1 Å². The summed E-state index contributed by atoms with van der Waals surface area (Å²) in [6.07, 6.45) is 4.23. The SMILES string of the molecule is CCC(C(=O)NC1CCCC1)N(Cc1cccc(C)c1)C(=O)CCN1C(=O)c2ccccc2S1(=O)=O. The highest BCUT2D eigenvalue weighted by Crippen LogP contribution is 2.30. The molecule has 0 spiro atoms. The minimum absolute atomic E-state index is 0.0403. The normalized spacial score (nSPS) is 17.6. The summed E-state index contributed by atoms with van der Waals surface area (Å²) in [4.78, 5) is 41.0. The number of benzene rings is 2. The maximum atomic E-state index is 13.5. The molecule has 1 unspecified atom stereocenters. The average Bonchev–Trinajstić information content (AvgIpc) is 3.42. The van der Waals surface area contributed by atoms with E-state index in [2.05, 4.69) is 5.32 Å². The first-order valence-corrected chi connectivity index (χ1v) is 14.0. The second-order valence-corrected chi connectivity index (χ2v) is 11.4. The second-order valence-electron chi connectivity index (χ2n) is 9.55. The Kier molecular flexibility index (Phi) is 7.78. The van der Waals surface area contributed by atoms with Crippen LogP contribution in [0.4, 0.5) is 0 Å². The number of sulfonamides is 1. The van der Waals surface area contributed by atoms with Crippen molar-refractivity contribution in [2.45, 2.75) is 75.9 Å². The first-order valence-electron chi connectivity index (χ1n) is 12.5. The van der Waals surface area contributed by atoms with E-state index in [0.717, 1.165) is 41.1 Å². The molecule has 1 aliphatic carbocycles. The van der Waals surface area contributed by atoms with Gasteiger partial charge in [-0.25, -0.2) is 12.7 Å². The Morgan fingerprint density at radius 3 is 2.50 bits per heavy atom. The lowest BCUT2D eigenvalue weighted by Crippen LogP contribution is -2.51. The van der Waals surface area contributed by atoms with E-state index < -0.39 is 22.0 Å². The fourth-order valence-electron chi connectivity index (χ4n) is 5.09. The highest BCUT2D eigenvalue weighted by atomic mass is 32.2. The molecule has 1 atom stereocenters. The van der Waals surface area contributed by atoms with Crippen LogP contribution in [0.15, 0.2) is 53.4 Å². The van der Waals surface area contributed by atoms with Crippen molar-refractivity contribution in [1.29, 1.82) is 0 Å². The van der Waals surface area contributed by atoms with Crippen LogP contribution in [-0.2, 0) is 26.2 Å². The molecular formula is C27H33N3O5S. The molecule has 2 aromatic carbocycles. The van der Waals surface area contributed by atoms with Gasteiger partial charge in [0.1, 0.15) is 10.9 Å². The van der Waals surface area contributed by atoms with Crippen molar-refractivity contribution in [3.05, 3.63) is 65.2 Å². The van der Waals surface area contributed by atoms with E-state index in [4.69, 9.17) is 0 Å². The number of fused-ring (bicyclic) bond motifs is 1. The van der Waals surface area contributed by atoms with Gasteiger partial charge in [-0.3, -0.25) is 14.4 Å². The molecule has 0 bridgehead atoms. The van der Waals surface area contributed by atoms with Crippen LogP contribution < -0.4 is 5.32 Å². The third-order valence-electron chi connectivity index (χ3n) is 6.96. The van der Waals surface area contributed by atoms with Crippen LogP contribution >= 0.6 is 0 Å². The summed E-state index contributed by atoms with van der Waals surface area (Å²) in [7, 11) is -4.01. The third-order valence-corrected chi connectivity index (χ3v) is 8.80. The van der Waals surface area contributed by atoms with Crippen LogP contribution in [0, 0.1) is 6.92 Å². The monoisotopic (exact) mass is 511 g/mol. The van der Waals surface area contributed by atoms with Crippen LogP contribution in [0.2, 0.25) is 0 Å². The first-order chi connectivity index (χ1) is 17.2. The topological polar surface area (TPSA) is 104 Å². The Balaban J connectivity index is 1.54. The van der Waals surface area contributed by atoms with Crippen LogP contribution in [0.5, 0.6) is 0 Å². The minimum Gasteiger partial charge on any atom is -0.352 e. The van der Waals surface area contributed by atoms with Gasteiger partial charge in [0.2, 0.25) is 11.8 Å². The van der Waals surface area contributed by atoms with Gasteiger partial charge in [0, 0.05) is 25.6 Å². The number of carbonyl (C=O) groups is 3. The Hall–Kier alpha value is -3.20. The predicted octanol–water partition coefficient (Wildman–Crippen LogP) is 3.40. The van der Waals surface area contributed by atoms with Gasteiger partial charge < -0.3 is 10.2 Å². The van der Waals surface area contributed by atoms with Gasteiger partial charge in [0.25, 0.3) is 15.9 Å². The van der Waals surface area contributed by atoms with Gasteiger partial charge in [-0.05, 0) is 43.9 Å². The molecule has 0 saturated heterocycles. The smallest absolute Gasteiger partial charge is 0.269 e. The molecule has 9 heteroatoms. The van der Waals surface area contributed by atoms with Crippen molar-refractivity contribution in [2.24, 2.45) is 0 Å². The van der Waals surface area contributed by atoms with E-state index in [0.29, 0.717) is 6.42 Å². The fourth-order valence-corrected chi connectivity index (χ4v) is 6.66. The van der Waals surface area contributed by atoms with E-state index in [9.17, 15) is 22.8 Å². The summed E-state index contributed by atoms with van der Waals surface area (Å²) in [5.41, 5.74) is 2.03. The molecule has 1 aliphatic heterocycles. The summed E-state index contributed by atoms with van der Waals surface area (Å²) in [5.74, 6) is -1.19. The van der Waals surface area contributed by atoms with Crippen LogP contribution in [0.1, 0.15) is 66.9 Å². The molecule has 1 N–H and O–H groups in total. The van der Waals surface area contributed by atoms with E-state index in [-0.39, 0.29) is 47.8 Å². The van der Waals surface area contributed by atoms with Gasteiger partial charge in [0.05, 0.1) is 5.56 Å². The summed E-state index contributed by atoms with van der Waals surface area (Å²) in [6.45, 7) is 3.76. The number of nitrogens with zero attached hydrogens (tertiary/aromatic N) is 2. The highest BCUT2D eigenvalue weighted by molar-refractivity contribution is 7.90. The molecule has 3 amide bonds. The van der Waals surface area contributed by atoms with Gasteiger partial charge >= 0.3 is 0 Å². The van der Waals surface area contributed by atoms with Crippen molar-refractivity contribution in [2.75, 3.05) is 6.54 Å². The maximum absolute atomic E-state index is 13.5. The van der Waals surface area contributed by atoms with E-state index in [1.807, 2.05) is 38.1 Å². The van der Waals surface area contributed by atoms with Crippen LogP contribution in [0.3, 0.4) is 0 Å². The largest absolute Gasteiger partial charge is 0.352 e. The van der Waals surface area contributed by atoms with Crippen molar-refractivity contribution in [3.63, 3.8) is 0 Å². The number of hydrogen-bond acceptors (Lipinski definition) is 5. The molecule has 8 nitrogen and oxygen atoms in total. The van der Waals surface area contributed by atoms with Gasteiger partial charge in [-0.15, -0.1) is 0 Å². The molecular weight excluding hydrogens is 478 g/mol. The molecule has 1 saturated carbocycles.